The highest BCUT2D eigenvalue weighted by molar-refractivity contribution is 6.33. The summed E-state index contributed by atoms with van der Waals surface area (Å²) in [4.78, 5) is 14.6. The second-order valence-corrected chi connectivity index (χ2v) is 6.26. The molecule has 6 nitrogen and oxygen atoms in total. The number of hydrogen-bond donors (Lipinski definition) is 3. The predicted molar refractivity (Wildman–Crippen MR) is 103 cm³/mol. The molecule has 1 saturated heterocycles. The minimum absolute atomic E-state index is 0. The number of carbonyl (C=O) groups excluding carboxylic acids is 1. The van der Waals surface area contributed by atoms with Gasteiger partial charge in [-0.3, -0.25) is 9.89 Å². The van der Waals surface area contributed by atoms with Crippen molar-refractivity contribution in [1.82, 2.24) is 25.7 Å². The summed E-state index contributed by atoms with van der Waals surface area (Å²) in [5.41, 5.74) is 1.94. The van der Waals surface area contributed by atoms with Crippen LogP contribution in [0.4, 0.5) is 0 Å². The fraction of sp³-hybridized carbons (Fsp3) is 0.412. The Hall–Kier alpha value is -1.60. The Kier molecular flexibility index (Phi) is 7.71. The van der Waals surface area contributed by atoms with Gasteiger partial charge in [0.15, 0.2) is 0 Å². The number of nitrogens with zero attached hydrogens (tertiary/aromatic N) is 2. The molecule has 1 fully saturated rings. The molecule has 2 heterocycles. The highest BCUT2D eigenvalue weighted by Crippen LogP contribution is 2.26. The summed E-state index contributed by atoms with van der Waals surface area (Å²) >= 11 is 6.16. The lowest BCUT2D eigenvalue weighted by Gasteiger charge is -2.26. The Morgan fingerprint density at radius 3 is 2.80 bits per heavy atom. The lowest BCUT2D eigenvalue weighted by atomic mass is 10.1. The average molecular weight is 384 g/mol. The van der Waals surface area contributed by atoms with Gasteiger partial charge < -0.3 is 15.5 Å². The maximum Gasteiger partial charge on any atom is 0.269 e. The molecule has 0 bridgehead atoms. The molecule has 1 aliphatic heterocycles. The Morgan fingerprint density at radius 1 is 1.28 bits per heavy atom. The van der Waals surface area contributed by atoms with E-state index < -0.39 is 0 Å². The molecule has 25 heavy (non-hydrogen) atoms. The van der Waals surface area contributed by atoms with E-state index in [1.807, 2.05) is 18.2 Å². The molecule has 3 N–H and O–H groups in total. The summed E-state index contributed by atoms with van der Waals surface area (Å²) in [5, 5.41) is 13.8. The van der Waals surface area contributed by atoms with Gasteiger partial charge >= 0.3 is 0 Å². The van der Waals surface area contributed by atoms with Crippen LogP contribution in [0.15, 0.2) is 30.3 Å². The molecule has 136 valence electrons. The number of hydrogen-bond acceptors (Lipinski definition) is 4. The largest absolute Gasteiger partial charge is 0.351 e. The van der Waals surface area contributed by atoms with E-state index in [0.29, 0.717) is 23.0 Å². The number of H-pyrrole nitrogens is 1. The van der Waals surface area contributed by atoms with Crippen LogP contribution in [0.3, 0.4) is 0 Å². The summed E-state index contributed by atoms with van der Waals surface area (Å²) in [7, 11) is 0. The van der Waals surface area contributed by atoms with Gasteiger partial charge in [-0.1, -0.05) is 29.8 Å². The molecule has 0 spiro atoms. The molecule has 0 aliphatic carbocycles. The zero-order chi connectivity index (χ0) is 16.8. The van der Waals surface area contributed by atoms with Crippen LogP contribution >= 0.6 is 24.0 Å². The molecule has 1 aromatic heterocycles. The van der Waals surface area contributed by atoms with Gasteiger partial charge in [-0.25, -0.2) is 0 Å². The lowest BCUT2D eigenvalue weighted by Crippen LogP contribution is -2.44. The first-order valence-corrected chi connectivity index (χ1v) is 8.63. The lowest BCUT2D eigenvalue weighted by molar-refractivity contribution is 0.0946. The molecular formula is C17H23Cl2N5O. The SMILES string of the molecule is Cl.O=C(NCCCN1CCNCC1)c1cc(-c2ccccc2Cl)n[nH]1. The van der Waals surface area contributed by atoms with Gasteiger partial charge in [0.1, 0.15) is 5.69 Å². The topological polar surface area (TPSA) is 73.1 Å². The summed E-state index contributed by atoms with van der Waals surface area (Å²) in [6.07, 6.45) is 0.942. The van der Waals surface area contributed by atoms with Crippen LogP contribution in [0, 0.1) is 0 Å². The summed E-state index contributed by atoms with van der Waals surface area (Å²) in [6, 6.07) is 9.18. The minimum Gasteiger partial charge on any atom is -0.351 e. The smallest absolute Gasteiger partial charge is 0.269 e. The first kappa shape index (κ1) is 19.7. The molecule has 1 amide bonds. The highest BCUT2D eigenvalue weighted by Gasteiger charge is 2.13. The van der Waals surface area contributed by atoms with Crippen molar-refractivity contribution in [3.63, 3.8) is 0 Å². The number of rotatable bonds is 6. The first-order valence-electron chi connectivity index (χ1n) is 8.25. The molecule has 8 heteroatoms. The molecule has 1 aromatic carbocycles. The maximum atomic E-state index is 12.2. The second-order valence-electron chi connectivity index (χ2n) is 5.85. The van der Waals surface area contributed by atoms with Crippen LogP contribution in [-0.4, -0.2) is 60.3 Å². The Morgan fingerprint density at radius 2 is 2.04 bits per heavy atom. The van der Waals surface area contributed by atoms with Crippen LogP contribution in [0.1, 0.15) is 16.9 Å². The number of aromatic amines is 1. The van der Waals surface area contributed by atoms with Gasteiger partial charge in [0.05, 0.1) is 10.7 Å². The standard InChI is InChI=1S/C17H22ClN5O.ClH/c18-14-5-2-1-4-13(14)15-12-16(22-21-15)17(24)20-6-3-9-23-10-7-19-8-11-23;/h1-2,4-5,12,19H,3,6-11H2,(H,20,24)(H,21,22);1H. The maximum absolute atomic E-state index is 12.2. The van der Waals surface area contributed by atoms with E-state index in [0.717, 1.165) is 44.7 Å². The zero-order valence-corrected chi connectivity index (χ0v) is 15.5. The predicted octanol–water partition coefficient (Wildman–Crippen LogP) is 2.18. The number of aromatic nitrogens is 2. The second kappa shape index (κ2) is 9.77. The van der Waals surface area contributed by atoms with Crippen LogP contribution in [0.2, 0.25) is 5.02 Å². The quantitative estimate of drug-likeness (QED) is 0.668. The molecule has 2 aromatic rings. The van der Waals surface area contributed by atoms with E-state index in [2.05, 4.69) is 25.7 Å². The molecule has 1 aliphatic rings. The van der Waals surface area contributed by atoms with Gasteiger partial charge in [-0.05, 0) is 25.1 Å². The van der Waals surface area contributed by atoms with Crippen molar-refractivity contribution in [2.24, 2.45) is 0 Å². The van der Waals surface area contributed by atoms with Gasteiger partial charge in [-0.2, -0.15) is 5.10 Å². The zero-order valence-electron chi connectivity index (χ0n) is 13.9. The van der Waals surface area contributed by atoms with Gasteiger partial charge in [0, 0.05) is 38.3 Å². The van der Waals surface area contributed by atoms with E-state index in [9.17, 15) is 4.79 Å². The normalized spacial score (nSPS) is 14.8. The van der Waals surface area contributed by atoms with Crippen molar-refractivity contribution in [1.29, 1.82) is 0 Å². The molecule has 0 saturated carbocycles. The van der Waals surface area contributed by atoms with Crippen molar-refractivity contribution in [3.8, 4) is 11.3 Å². The number of piperazine rings is 1. The molecular weight excluding hydrogens is 361 g/mol. The molecule has 0 radical (unpaired) electrons. The molecule has 0 atom stereocenters. The Balaban J connectivity index is 0.00000225. The number of benzene rings is 1. The third-order valence-electron chi connectivity index (χ3n) is 4.12. The summed E-state index contributed by atoms with van der Waals surface area (Å²) < 4.78 is 0. The van der Waals surface area contributed by atoms with E-state index in [4.69, 9.17) is 11.6 Å². The third kappa shape index (κ3) is 5.44. The fourth-order valence-electron chi connectivity index (χ4n) is 2.78. The Bertz CT molecular complexity index is 685. The van der Waals surface area contributed by atoms with E-state index >= 15 is 0 Å². The van der Waals surface area contributed by atoms with Crippen LogP contribution in [0.5, 0.6) is 0 Å². The van der Waals surface area contributed by atoms with Crippen molar-refractivity contribution in [2.75, 3.05) is 39.3 Å². The number of amides is 1. The number of halogens is 2. The van der Waals surface area contributed by atoms with Crippen molar-refractivity contribution >= 4 is 29.9 Å². The summed E-state index contributed by atoms with van der Waals surface area (Å²) in [5.74, 6) is -0.138. The van der Waals surface area contributed by atoms with Crippen LogP contribution in [-0.2, 0) is 0 Å². The average Bonchev–Trinajstić information content (AvgIpc) is 3.10. The number of nitrogens with one attached hydrogen (secondary N) is 3. The summed E-state index contributed by atoms with van der Waals surface area (Å²) in [6.45, 7) is 5.92. The van der Waals surface area contributed by atoms with Crippen molar-refractivity contribution in [2.45, 2.75) is 6.42 Å². The van der Waals surface area contributed by atoms with Crippen LogP contribution < -0.4 is 10.6 Å². The fourth-order valence-corrected chi connectivity index (χ4v) is 3.01. The molecule has 0 unspecified atom stereocenters. The Labute approximate surface area is 158 Å². The van der Waals surface area contributed by atoms with Crippen molar-refractivity contribution < 1.29 is 4.79 Å². The van der Waals surface area contributed by atoms with E-state index in [-0.39, 0.29) is 18.3 Å². The van der Waals surface area contributed by atoms with Gasteiger partial charge in [0.25, 0.3) is 5.91 Å². The van der Waals surface area contributed by atoms with E-state index in [1.165, 1.54) is 0 Å². The minimum atomic E-state index is -0.138. The van der Waals surface area contributed by atoms with E-state index in [1.54, 1.807) is 12.1 Å². The highest BCUT2D eigenvalue weighted by atomic mass is 35.5. The van der Waals surface area contributed by atoms with Crippen molar-refractivity contribution in [3.05, 3.63) is 41.0 Å². The number of carbonyl (C=O) groups is 1. The van der Waals surface area contributed by atoms with Gasteiger partial charge in [0.2, 0.25) is 0 Å². The first-order chi connectivity index (χ1) is 11.7. The van der Waals surface area contributed by atoms with Gasteiger partial charge in [-0.15, -0.1) is 12.4 Å². The third-order valence-corrected chi connectivity index (χ3v) is 4.45. The molecule has 3 rings (SSSR count). The monoisotopic (exact) mass is 383 g/mol. The van der Waals surface area contributed by atoms with Crippen LogP contribution in [0.25, 0.3) is 11.3 Å².